The third-order valence-corrected chi connectivity index (χ3v) is 2.47. The van der Waals surface area contributed by atoms with Crippen molar-refractivity contribution in [3.8, 4) is 0 Å². The predicted octanol–water partition coefficient (Wildman–Crippen LogP) is 0.517. The predicted molar refractivity (Wildman–Crippen MR) is 62.7 cm³/mol. The molecule has 0 spiro atoms. The van der Waals surface area contributed by atoms with Crippen molar-refractivity contribution in [2.45, 2.75) is 38.8 Å². The Morgan fingerprint density at radius 3 is 2.94 bits per heavy atom. The van der Waals surface area contributed by atoms with Crippen molar-refractivity contribution in [3.05, 3.63) is 18.5 Å². The molecule has 1 aromatic heterocycles. The first-order chi connectivity index (χ1) is 7.56. The highest BCUT2D eigenvalue weighted by atomic mass is 16.2. The molecule has 1 rings (SSSR count). The summed E-state index contributed by atoms with van der Waals surface area (Å²) in [5.41, 5.74) is 5.13. The number of amides is 1. The van der Waals surface area contributed by atoms with Gasteiger partial charge in [-0.2, -0.15) is 5.10 Å². The van der Waals surface area contributed by atoms with E-state index >= 15 is 0 Å². The molecule has 3 N–H and O–H groups in total. The molecule has 1 aromatic rings. The van der Waals surface area contributed by atoms with E-state index < -0.39 is 5.54 Å². The highest BCUT2D eigenvalue weighted by Gasteiger charge is 2.26. The van der Waals surface area contributed by atoms with E-state index in [1.54, 1.807) is 17.8 Å². The summed E-state index contributed by atoms with van der Waals surface area (Å²) in [5, 5.41) is 6.87. The molecule has 0 saturated carbocycles. The van der Waals surface area contributed by atoms with Gasteiger partial charge in [-0.1, -0.05) is 13.3 Å². The van der Waals surface area contributed by atoms with Crippen LogP contribution in [0.15, 0.2) is 18.5 Å². The van der Waals surface area contributed by atoms with Gasteiger partial charge in [-0.05, 0) is 19.4 Å². The maximum atomic E-state index is 11.7. The second kappa shape index (κ2) is 5.65. The average molecular weight is 224 g/mol. The summed E-state index contributed by atoms with van der Waals surface area (Å²) in [6.07, 6.45) is 5.17. The number of nitrogens with two attached hydrogens (primary N) is 1. The molecule has 0 radical (unpaired) electrons. The van der Waals surface area contributed by atoms with Crippen LogP contribution in [0.3, 0.4) is 0 Å². The summed E-state index contributed by atoms with van der Waals surface area (Å²) in [4.78, 5) is 11.7. The van der Waals surface area contributed by atoms with Gasteiger partial charge in [0.15, 0.2) is 0 Å². The Kier molecular flexibility index (Phi) is 4.49. The van der Waals surface area contributed by atoms with E-state index in [-0.39, 0.29) is 5.91 Å². The summed E-state index contributed by atoms with van der Waals surface area (Å²) in [6.45, 7) is 5.00. The molecular formula is C11H20N4O. The van der Waals surface area contributed by atoms with Gasteiger partial charge in [0, 0.05) is 18.9 Å². The van der Waals surface area contributed by atoms with Gasteiger partial charge in [0.2, 0.25) is 5.91 Å². The van der Waals surface area contributed by atoms with E-state index in [1.165, 1.54) is 0 Å². The van der Waals surface area contributed by atoms with Gasteiger partial charge >= 0.3 is 0 Å². The van der Waals surface area contributed by atoms with Gasteiger partial charge in [-0.3, -0.25) is 9.48 Å². The summed E-state index contributed by atoms with van der Waals surface area (Å²) >= 11 is 0. The van der Waals surface area contributed by atoms with Crippen molar-refractivity contribution in [1.82, 2.24) is 15.1 Å². The Morgan fingerprint density at radius 1 is 1.62 bits per heavy atom. The molecule has 0 fully saturated rings. The molecule has 0 aliphatic heterocycles. The molecule has 16 heavy (non-hydrogen) atoms. The first-order valence-electron chi connectivity index (χ1n) is 5.61. The standard InChI is InChI=1S/C11H20N4O/c1-3-5-11(2,12)10(16)13-7-9-15-8-4-6-14-15/h4,6,8H,3,5,7,9,12H2,1-2H3,(H,13,16). The van der Waals surface area contributed by atoms with Gasteiger partial charge in [0.05, 0.1) is 12.1 Å². The average Bonchev–Trinajstić information content (AvgIpc) is 2.70. The molecular weight excluding hydrogens is 204 g/mol. The van der Waals surface area contributed by atoms with Gasteiger partial charge in [0.1, 0.15) is 0 Å². The molecule has 0 aliphatic rings. The van der Waals surface area contributed by atoms with E-state index in [0.717, 1.165) is 6.42 Å². The summed E-state index contributed by atoms with van der Waals surface area (Å²) < 4.78 is 1.77. The largest absolute Gasteiger partial charge is 0.353 e. The minimum Gasteiger partial charge on any atom is -0.353 e. The molecule has 0 aromatic carbocycles. The van der Waals surface area contributed by atoms with Crippen LogP contribution in [0.4, 0.5) is 0 Å². The molecule has 1 amide bonds. The van der Waals surface area contributed by atoms with E-state index in [0.29, 0.717) is 19.5 Å². The molecule has 1 unspecified atom stereocenters. The zero-order valence-electron chi connectivity index (χ0n) is 9.94. The number of carbonyl (C=O) groups is 1. The first-order valence-corrected chi connectivity index (χ1v) is 5.61. The highest BCUT2D eigenvalue weighted by Crippen LogP contribution is 2.07. The van der Waals surface area contributed by atoms with E-state index in [9.17, 15) is 4.79 Å². The molecule has 5 nitrogen and oxygen atoms in total. The summed E-state index contributed by atoms with van der Waals surface area (Å²) in [5.74, 6) is -0.0958. The zero-order chi connectivity index (χ0) is 12.0. The third-order valence-electron chi connectivity index (χ3n) is 2.47. The molecule has 5 heteroatoms. The minimum atomic E-state index is -0.765. The van der Waals surface area contributed by atoms with Crippen LogP contribution in [0, 0.1) is 0 Å². The lowest BCUT2D eigenvalue weighted by molar-refractivity contribution is -0.126. The number of hydrogen-bond acceptors (Lipinski definition) is 3. The van der Waals surface area contributed by atoms with Crippen LogP contribution in [-0.4, -0.2) is 27.8 Å². The van der Waals surface area contributed by atoms with Crippen molar-refractivity contribution < 1.29 is 4.79 Å². The number of nitrogens with one attached hydrogen (secondary N) is 1. The number of rotatable bonds is 6. The van der Waals surface area contributed by atoms with Crippen LogP contribution in [-0.2, 0) is 11.3 Å². The molecule has 1 atom stereocenters. The SMILES string of the molecule is CCCC(C)(N)C(=O)NCCn1cccn1. The second-order valence-electron chi connectivity index (χ2n) is 4.19. The monoisotopic (exact) mass is 224 g/mol. The second-order valence-corrected chi connectivity index (χ2v) is 4.19. The molecule has 0 saturated heterocycles. The maximum absolute atomic E-state index is 11.7. The van der Waals surface area contributed by atoms with Crippen molar-refractivity contribution in [1.29, 1.82) is 0 Å². The lowest BCUT2D eigenvalue weighted by Crippen LogP contribution is -2.52. The van der Waals surface area contributed by atoms with Crippen molar-refractivity contribution in [2.75, 3.05) is 6.54 Å². The van der Waals surface area contributed by atoms with Crippen LogP contribution in [0.25, 0.3) is 0 Å². The fourth-order valence-electron chi connectivity index (χ4n) is 1.55. The fraction of sp³-hybridized carbons (Fsp3) is 0.636. The highest BCUT2D eigenvalue weighted by molar-refractivity contribution is 5.85. The van der Waals surface area contributed by atoms with Crippen molar-refractivity contribution in [3.63, 3.8) is 0 Å². The van der Waals surface area contributed by atoms with Gasteiger partial charge in [-0.25, -0.2) is 0 Å². The number of aromatic nitrogens is 2. The van der Waals surface area contributed by atoms with Gasteiger partial charge in [-0.15, -0.1) is 0 Å². The van der Waals surface area contributed by atoms with Crippen molar-refractivity contribution in [2.24, 2.45) is 5.73 Å². The third kappa shape index (κ3) is 3.66. The summed E-state index contributed by atoms with van der Waals surface area (Å²) in [7, 11) is 0. The van der Waals surface area contributed by atoms with Crippen LogP contribution in [0.2, 0.25) is 0 Å². The Balaban J connectivity index is 2.30. The van der Waals surface area contributed by atoms with Gasteiger partial charge < -0.3 is 11.1 Å². The number of nitrogens with zero attached hydrogens (tertiary/aromatic N) is 2. The molecule has 1 heterocycles. The van der Waals surface area contributed by atoms with Crippen LogP contribution in [0.5, 0.6) is 0 Å². The normalized spacial score (nSPS) is 14.4. The number of carbonyl (C=O) groups excluding carboxylic acids is 1. The molecule has 0 aliphatic carbocycles. The molecule has 90 valence electrons. The van der Waals surface area contributed by atoms with E-state index in [1.807, 2.05) is 19.2 Å². The lowest BCUT2D eigenvalue weighted by atomic mass is 9.97. The van der Waals surface area contributed by atoms with E-state index in [4.69, 9.17) is 5.73 Å². The van der Waals surface area contributed by atoms with Gasteiger partial charge in [0.25, 0.3) is 0 Å². The Hall–Kier alpha value is -1.36. The lowest BCUT2D eigenvalue weighted by Gasteiger charge is -2.22. The van der Waals surface area contributed by atoms with Crippen molar-refractivity contribution >= 4 is 5.91 Å². The smallest absolute Gasteiger partial charge is 0.239 e. The first kappa shape index (κ1) is 12.7. The topological polar surface area (TPSA) is 72.9 Å². The summed E-state index contributed by atoms with van der Waals surface area (Å²) in [6, 6.07) is 1.85. The maximum Gasteiger partial charge on any atom is 0.239 e. The quantitative estimate of drug-likeness (QED) is 0.739. The Labute approximate surface area is 96.0 Å². The minimum absolute atomic E-state index is 0.0958. The fourth-order valence-corrected chi connectivity index (χ4v) is 1.55. The number of hydrogen-bond donors (Lipinski definition) is 2. The zero-order valence-corrected chi connectivity index (χ0v) is 9.94. The van der Waals surface area contributed by atoms with Crippen LogP contribution >= 0.6 is 0 Å². The van der Waals surface area contributed by atoms with E-state index in [2.05, 4.69) is 10.4 Å². The Morgan fingerprint density at radius 2 is 2.38 bits per heavy atom. The van der Waals surface area contributed by atoms with Crippen LogP contribution < -0.4 is 11.1 Å². The Bertz CT molecular complexity index is 319. The van der Waals surface area contributed by atoms with Crippen LogP contribution in [0.1, 0.15) is 26.7 Å². The molecule has 0 bridgehead atoms.